The van der Waals surface area contributed by atoms with Gasteiger partial charge in [-0.1, -0.05) is 12.8 Å². The first-order valence-electron chi connectivity index (χ1n) is 8.38. The monoisotopic (exact) mass is 326 g/mol. The lowest BCUT2D eigenvalue weighted by molar-refractivity contribution is -0.129. The largest absolute Gasteiger partial charge is 0.449 e. The highest BCUT2D eigenvalue weighted by Gasteiger charge is 2.23. The SMILES string of the molecule is CC(OC(=O)c1ccc(-n2cccc2)cc1)C(=O)NC1CCCC1. The van der Waals surface area contributed by atoms with Gasteiger partial charge in [-0.3, -0.25) is 4.79 Å². The van der Waals surface area contributed by atoms with Crippen LogP contribution in [0.2, 0.25) is 0 Å². The van der Waals surface area contributed by atoms with Crippen molar-refractivity contribution in [2.75, 3.05) is 0 Å². The zero-order valence-electron chi connectivity index (χ0n) is 13.8. The molecule has 1 amide bonds. The lowest BCUT2D eigenvalue weighted by atomic mass is 10.2. The molecule has 1 aliphatic carbocycles. The maximum Gasteiger partial charge on any atom is 0.338 e. The van der Waals surface area contributed by atoms with Gasteiger partial charge in [0.1, 0.15) is 0 Å². The van der Waals surface area contributed by atoms with Crippen molar-refractivity contribution < 1.29 is 14.3 Å². The van der Waals surface area contributed by atoms with Crippen LogP contribution in [0.5, 0.6) is 0 Å². The highest BCUT2D eigenvalue weighted by molar-refractivity contribution is 5.92. The molecule has 0 bridgehead atoms. The van der Waals surface area contributed by atoms with Crippen molar-refractivity contribution in [3.05, 3.63) is 54.4 Å². The molecule has 1 aliphatic rings. The number of benzene rings is 1. The summed E-state index contributed by atoms with van der Waals surface area (Å²) in [5.41, 5.74) is 1.40. The second-order valence-electron chi connectivity index (χ2n) is 6.17. The van der Waals surface area contributed by atoms with E-state index in [0.29, 0.717) is 5.56 Å². The molecule has 1 N–H and O–H groups in total. The second kappa shape index (κ2) is 7.34. The minimum atomic E-state index is -0.790. The molecule has 3 rings (SSSR count). The van der Waals surface area contributed by atoms with Crippen LogP contribution in [0.3, 0.4) is 0 Å². The fourth-order valence-corrected chi connectivity index (χ4v) is 2.95. The van der Waals surface area contributed by atoms with Crippen LogP contribution < -0.4 is 5.32 Å². The van der Waals surface area contributed by atoms with Crippen molar-refractivity contribution in [1.82, 2.24) is 9.88 Å². The summed E-state index contributed by atoms with van der Waals surface area (Å²) >= 11 is 0. The van der Waals surface area contributed by atoms with E-state index in [1.165, 1.54) is 0 Å². The van der Waals surface area contributed by atoms with E-state index in [1.807, 2.05) is 41.2 Å². The van der Waals surface area contributed by atoms with Crippen molar-refractivity contribution in [1.29, 1.82) is 0 Å². The van der Waals surface area contributed by atoms with E-state index < -0.39 is 12.1 Å². The number of rotatable bonds is 5. The highest BCUT2D eigenvalue weighted by Crippen LogP contribution is 2.18. The Hall–Kier alpha value is -2.56. The van der Waals surface area contributed by atoms with Gasteiger partial charge in [0.05, 0.1) is 5.56 Å². The van der Waals surface area contributed by atoms with Crippen molar-refractivity contribution in [2.24, 2.45) is 0 Å². The van der Waals surface area contributed by atoms with Gasteiger partial charge in [0.15, 0.2) is 6.10 Å². The van der Waals surface area contributed by atoms with Gasteiger partial charge in [0.25, 0.3) is 5.91 Å². The number of hydrogen-bond acceptors (Lipinski definition) is 3. The molecule has 0 saturated heterocycles. The molecule has 0 spiro atoms. The molecular weight excluding hydrogens is 304 g/mol. The van der Waals surface area contributed by atoms with Gasteiger partial charge in [-0.2, -0.15) is 0 Å². The average molecular weight is 326 g/mol. The summed E-state index contributed by atoms with van der Waals surface area (Å²) in [5, 5.41) is 2.94. The van der Waals surface area contributed by atoms with Gasteiger partial charge in [0, 0.05) is 24.1 Å². The summed E-state index contributed by atoms with van der Waals surface area (Å²) in [4.78, 5) is 24.3. The Bertz CT molecular complexity index is 686. The quantitative estimate of drug-likeness (QED) is 0.859. The molecule has 5 heteroatoms. The minimum Gasteiger partial charge on any atom is -0.449 e. The Balaban J connectivity index is 1.56. The van der Waals surface area contributed by atoms with E-state index in [1.54, 1.807) is 19.1 Å². The number of ether oxygens (including phenoxy) is 1. The van der Waals surface area contributed by atoms with Crippen LogP contribution in [0.4, 0.5) is 0 Å². The Labute approximate surface area is 141 Å². The Morgan fingerprint density at radius 1 is 1.12 bits per heavy atom. The van der Waals surface area contributed by atoms with E-state index >= 15 is 0 Å². The molecule has 126 valence electrons. The summed E-state index contributed by atoms with van der Waals surface area (Å²) in [7, 11) is 0. The van der Waals surface area contributed by atoms with Crippen LogP contribution in [0.25, 0.3) is 5.69 Å². The number of carbonyl (C=O) groups is 2. The first-order valence-corrected chi connectivity index (χ1v) is 8.38. The minimum absolute atomic E-state index is 0.222. The highest BCUT2D eigenvalue weighted by atomic mass is 16.5. The number of hydrogen-bond donors (Lipinski definition) is 1. The van der Waals surface area contributed by atoms with Gasteiger partial charge in [-0.05, 0) is 56.2 Å². The lowest BCUT2D eigenvalue weighted by Crippen LogP contribution is -2.40. The molecule has 1 aromatic carbocycles. The van der Waals surface area contributed by atoms with Gasteiger partial charge in [-0.25, -0.2) is 4.79 Å². The molecule has 0 radical (unpaired) electrons. The standard InChI is InChI=1S/C19H22N2O3/c1-14(18(22)20-16-6-2-3-7-16)24-19(23)15-8-10-17(11-9-15)21-12-4-5-13-21/h4-5,8-14,16H,2-3,6-7H2,1H3,(H,20,22). The maximum atomic E-state index is 12.2. The summed E-state index contributed by atoms with van der Waals surface area (Å²) in [6.07, 6.45) is 7.38. The molecule has 1 unspecified atom stereocenters. The van der Waals surface area contributed by atoms with Gasteiger partial charge in [0.2, 0.25) is 0 Å². The third-order valence-corrected chi connectivity index (χ3v) is 4.36. The van der Waals surface area contributed by atoms with Crippen molar-refractivity contribution in [2.45, 2.75) is 44.8 Å². The second-order valence-corrected chi connectivity index (χ2v) is 6.17. The normalized spacial score (nSPS) is 15.9. The molecule has 1 saturated carbocycles. The van der Waals surface area contributed by atoms with Crippen LogP contribution in [-0.2, 0) is 9.53 Å². The predicted octanol–water partition coefficient (Wildman–Crippen LogP) is 3.08. The molecule has 0 aliphatic heterocycles. The zero-order valence-corrected chi connectivity index (χ0v) is 13.8. The first kappa shape index (κ1) is 16.3. The van der Waals surface area contributed by atoms with E-state index in [2.05, 4.69) is 5.32 Å². The molecule has 1 fully saturated rings. The Morgan fingerprint density at radius 2 is 1.75 bits per heavy atom. The Kier molecular flexibility index (Phi) is 4.99. The number of amides is 1. The Morgan fingerprint density at radius 3 is 2.38 bits per heavy atom. The van der Waals surface area contributed by atoms with Crippen LogP contribution in [0.1, 0.15) is 43.0 Å². The topological polar surface area (TPSA) is 60.3 Å². The molecular formula is C19H22N2O3. The maximum absolute atomic E-state index is 12.2. The fourth-order valence-electron chi connectivity index (χ4n) is 2.95. The third kappa shape index (κ3) is 3.85. The van der Waals surface area contributed by atoms with Gasteiger partial charge < -0.3 is 14.6 Å². The van der Waals surface area contributed by atoms with Gasteiger partial charge >= 0.3 is 5.97 Å². The van der Waals surface area contributed by atoms with Crippen LogP contribution in [-0.4, -0.2) is 28.6 Å². The number of esters is 1. The van der Waals surface area contributed by atoms with E-state index in [0.717, 1.165) is 31.4 Å². The molecule has 1 heterocycles. The summed E-state index contributed by atoms with van der Waals surface area (Å²) in [5.74, 6) is -0.706. The van der Waals surface area contributed by atoms with Crippen molar-refractivity contribution >= 4 is 11.9 Å². The number of aromatic nitrogens is 1. The molecule has 5 nitrogen and oxygen atoms in total. The number of nitrogens with one attached hydrogen (secondary N) is 1. The van der Waals surface area contributed by atoms with Crippen LogP contribution in [0.15, 0.2) is 48.8 Å². The molecule has 1 atom stereocenters. The van der Waals surface area contributed by atoms with Crippen LogP contribution in [0, 0.1) is 0 Å². The fraction of sp³-hybridized carbons (Fsp3) is 0.368. The number of carbonyl (C=O) groups excluding carboxylic acids is 2. The molecule has 1 aromatic heterocycles. The van der Waals surface area contributed by atoms with E-state index in [9.17, 15) is 9.59 Å². The summed E-state index contributed by atoms with van der Waals surface area (Å²) in [6.45, 7) is 1.61. The van der Waals surface area contributed by atoms with Crippen molar-refractivity contribution in [3.8, 4) is 5.69 Å². The van der Waals surface area contributed by atoms with E-state index in [4.69, 9.17) is 4.74 Å². The summed E-state index contributed by atoms with van der Waals surface area (Å²) < 4.78 is 7.23. The lowest BCUT2D eigenvalue weighted by Gasteiger charge is -2.17. The zero-order chi connectivity index (χ0) is 16.9. The first-order chi connectivity index (χ1) is 11.6. The smallest absolute Gasteiger partial charge is 0.338 e. The predicted molar refractivity (Wildman–Crippen MR) is 91.0 cm³/mol. The van der Waals surface area contributed by atoms with Gasteiger partial charge in [-0.15, -0.1) is 0 Å². The van der Waals surface area contributed by atoms with Crippen LogP contribution >= 0.6 is 0 Å². The third-order valence-electron chi connectivity index (χ3n) is 4.36. The van der Waals surface area contributed by atoms with Crippen molar-refractivity contribution in [3.63, 3.8) is 0 Å². The molecule has 2 aromatic rings. The molecule has 24 heavy (non-hydrogen) atoms. The van der Waals surface area contributed by atoms with E-state index in [-0.39, 0.29) is 11.9 Å². The average Bonchev–Trinajstić information content (AvgIpc) is 3.28. The summed E-state index contributed by atoms with van der Waals surface area (Å²) in [6, 6.07) is 11.2. The number of nitrogens with zero attached hydrogens (tertiary/aromatic N) is 1.